The Morgan fingerprint density at radius 3 is 3.15 bits per heavy atom. The molecular formula is C9H7NO3. The highest BCUT2D eigenvalue weighted by Crippen LogP contribution is 2.20. The second kappa shape index (κ2) is 2.90. The molecule has 0 amide bonds. The largest absolute Gasteiger partial charge is 0.457 e. The van der Waals surface area contributed by atoms with Crippen LogP contribution in [0.25, 0.3) is 0 Å². The molecule has 1 aromatic rings. The van der Waals surface area contributed by atoms with Gasteiger partial charge in [0.25, 0.3) is 0 Å². The van der Waals surface area contributed by atoms with Crippen molar-refractivity contribution in [2.75, 3.05) is 0 Å². The Balaban J connectivity index is 2.47. The van der Waals surface area contributed by atoms with Crippen LogP contribution in [0, 0.1) is 0 Å². The van der Waals surface area contributed by atoms with Gasteiger partial charge in [0, 0.05) is 5.56 Å². The first-order valence-corrected chi connectivity index (χ1v) is 3.79. The second-order valence-electron chi connectivity index (χ2n) is 2.74. The first-order valence-electron chi connectivity index (χ1n) is 3.79. The summed E-state index contributed by atoms with van der Waals surface area (Å²) < 4.78 is 4.81. The fraction of sp³-hybridized carbons (Fsp3) is 0.111. The molecule has 1 aliphatic rings. The number of cyclic esters (lactones) is 1. The Labute approximate surface area is 74.4 Å². The third-order valence-electron chi connectivity index (χ3n) is 1.92. The molecule has 0 fully saturated rings. The fourth-order valence-electron chi connectivity index (χ4n) is 1.28. The number of rotatable bonds is 1. The number of carbonyl (C=O) groups excluding carboxylic acids is 1. The van der Waals surface area contributed by atoms with Gasteiger partial charge in [-0.05, 0) is 11.6 Å². The minimum atomic E-state index is -0.316. The molecule has 66 valence electrons. The number of benzene rings is 1. The summed E-state index contributed by atoms with van der Waals surface area (Å²) >= 11 is 0. The lowest BCUT2D eigenvalue weighted by Gasteiger charge is -1.94. The van der Waals surface area contributed by atoms with Gasteiger partial charge in [-0.2, -0.15) is 0 Å². The van der Waals surface area contributed by atoms with Crippen LogP contribution in [-0.4, -0.2) is 17.4 Å². The van der Waals surface area contributed by atoms with Crippen LogP contribution in [0.2, 0.25) is 0 Å². The summed E-state index contributed by atoms with van der Waals surface area (Å²) in [6.07, 6.45) is 1.27. The van der Waals surface area contributed by atoms with Gasteiger partial charge in [0.15, 0.2) is 0 Å². The van der Waals surface area contributed by atoms with Gasteiger partial charge in [0.2, 0.25) is 0 Å². The molecule has 0 saturated carbocycles. The average Bonchev–Trinajstić information content (AvgIpc) is 2.49. The average molecular weight is 177 g/mol. The molecule has 1 heterocycles. The van der Waals surface area contributed by atoms with Crippen LogP contribution in [-0.2, 0) is 11.3 Å². The van der Waals surface area contributed by atoms with Crippen molar-refractivity contribution in [1.29, 1.82) is 0 Å². The molecule has 1 N–H and O–H groups in total. The summed E-state index contributed by atoms with van der Waals surface area (Å²) in [6.45, 7) is 0.338. The maximum Gasteiger partial charge on any atom is 0.338 e. The molecule has 0 saturated heterocycles. The highest BCUT2D eigenvalue weighted by Gasteiger charge is 2.20. The number of ether oxygens (including phenoxy) is 1. The standard InChI is InChI=1S/C9H7NO3/c11-9-8-3-6(4-10-12)1-2-7(8)5-13-9/h1-4,12H,5H2. The maximum atomic E-state index is 11.1. The third-order valence-corrected chi connectivity index (χ3v) is 1.92. The van der Waals surface area contributed by atoms with E-state index in [4.69, 9.17) is 9.94 Å². The van der Waals surface area contributed by atoms with Gasteiger partial charge in [-0.1, -0.05) is 17.3 Å². The Kier molecular flexibility index (Phi) is 1.73. The van der Waals surface area contributed by atoms with Crippen molar-refractivity contribution in [3.05, 3.63) is 34.9 Å². The van der Waals surface area contributed by atoms with Crippen molar-refractivity contribution in [3.63, 3.8) is 0 Å². The minimum Gasteiger partial charge on any atom is -0.457 e. The van der Waals surface area contributed by atoms with E-state index in [1.54, 1.807) is 18.2 Å². The molecular weight excluding hydrogens is 170 g/mol. The number of esters is 1. The van der Waals surface area contributed by atoms with E-state index in [0.717, 1.165) is 5.56 Å². The third kappa shape index (κ3) is 1.26. The predicted octanol–water partition coefficient (Wildman–Crippen LogP) is 1.17. The number of carbonyl (C=O) groups is 1. The summed E-state index contributed by atoms with van der Waals surface area (Å²) in [5.74, 6) is -0.316. The molecule has 4 nitrogen and oxygen atoms in total. The van der Waals surface area contributed by atoms with E-state index in [1.165, 1.54) is 6.21 Å². The van der Waals surface area contributed by atoms with E-state index < -0.39 is 0 Å². The quantitative estimate of drug-likeness (QED) is 0.303. The summed E-state index contributed by atoms with van der Waals surface area (Å²) in [5.41, 5.74) is 2.11. The number of hydrogen-bond acceptors (Lipinski definition) is 4. The summed E-state index contributed by atoms with van der Waals surface area (Å²) in [4.78, 5) is 11.1. The Morgan fingerprint density at radius 1 is 1.54 bits per heavy atom. The van der Waals surface area contributed by atoms with Crippen molar-refractivity contribution >= 4 is 12.2 Å². The van der Waals surface area contributed by atoms with Crippen LogP contribution in [0.4, 0.5) is 0 Å². The molecule has 13 heavy (non-hydrogen) atoms. The van der Waals surface area contributed by atoms with Crippen LogP contribution in [0.3, 0.4) is 0 Å². The summed E-state index contributed by atoms with van der Waals surface area (Å²) in [7, 11) is 0. The van der Waals surface area contributed by atoms with Crippen LogP contribution in [0.15, 0.2) is 23.4 Å². The van der Waals surface area contributed by atoms with Crippen molar-refractivity contribution < 1.29 is 14.7 Å². The van der Waals surface area contributed by atoms with Gasteiger partial charge in [-0.25, -0.2) is 4.79 Å². The van der Waals surface area contributed by atoms with Crippen LogP contribution in [0.5, 0.6) is 0 Å². The highest BCUT2D eigenvalue weighted by atomic mass is 16.5. The van der Waals surface area contributed by atoms with Gasteiger partial charge in [-0.3, -0.25) is 0 Å². The lowest BCUT2D eigenvalue weighted by molar-refractivity contribution is 0.0535. The molecule has 0 aromatic heterocycles. The SMILES string of the molecule is O=C1OCc2ccc(C=NO)cc21. The van der Waals surface area contributed by atoms with E-state index in [9.17, 15) is 4.79 Å². The fourth-order valence-corrected chi connectivity index (χ4v) is 1.28. The van der Waals surface area contributed by atoms with Gasteiger partial charge < -0.3 is 9.94 Å². The number of oxime groups is 1. The first kappa shape index (κ1) is 7.79. The summed E-state index contributed by atoms with van der Waals surface area (Å²) in [5, 5.41) is 11.2. The van der Waals surface area contributed by atoms with Crippen LogP contribution < -0.4 is 0 Å². The lowest BCUT2D eigenvalue weighted by atomic mass is 10.1. The van der Waals surface area contributed by atoms with Crippen LogP contribution >= 0.6 is 0 Å². The highest BCUT2D eigenvalue weighted by molar-refractivity contribution is 5.95. The molecule has 0 bridgehead atoms. The zero-order valence-corrected chi connectivity index (χ0v) is 6.73. The van der Waals surface area contributed by atoms with Gasteiger partial charge in [0.05, 0.1) is 11.8 Å². The van der Waals surface area contributed by atoms with E-state index in [0.29, 0.717) is 17.7 Å². The molecule has 0 unspecified atom stereocenters. The van der Waals surface area contributed by atoms with E-state index >= 15 is 0 Å². The molecule has 0 atom stereocenters. The normalized spacial score (nSPS) is 14.6. The topological polar surface area (TPSA) is 58.9 Å². The van der Waals surface area contributed by atoms with E-state index in [1.807, 2.05) is 0 Å². The summed E-state index contributed by atoms with van der Waals surface area (Å²) in [6, 6.07) is 5.20. The lowest BCUT2D eigenvalue weighted by Crippen LogP contribution is -1.94. The van der Waals surface area contributed by atoms with E-state index in [-0.39, 0.29) is 5.97 Å². The smallest absolute Gasteiger partial charge is 0.338 e. The number of fused-ring (bicyclic) bond motifs is 1. The zero-order valence-electron chi connectivity index (χ0n) is 6.73. The van der Waals surface area contributed by atoms with Crippen molar-refractivity contribution in [1.82, 2.24) is 0 Å². The van der Waals surface area contributed by atoms with E-state index in [2.05, 4.69) is 5.16 Å². The predicted molar refractivity (Wildman–Crippen MR) is 44.9 cm³/mol. The molecule has 0 aliphatic carbocycles. The Bertz CT molecular complexity index is 384. The zero-order chi connectivity index (χ0) is 9.26. The monoisotopic (exact) mass is 177 g/mol. The number of nitrogens with zero attached hydrogens (tertiary/aromatic N) is 1. The minimum absolute atomic E-state index is 0.316. The first-order chi connectivity index (χ1) is 6.31. The van der Waals surface area contributed by atoms with Gasteiger partial charge in [-0.15, -0.1) is 0 Å². The van der Waals surface area contributed by atoms with Crippen molar-refractivity contribution in [3.8, 4) is 0 Å². The molecule has 0 spiro atoms. The van der Waals surface area contributed by atoms with Gasteiger partial charge >= 0.3 is 5.97 Å². The van der Waals surface area contributed by atoms with Crippen molar-refractivity contribution in [2.45, 2.75) is 6.61 Å². The van der Waals surface area contributed by atoms with Gasteiger partial charge in [0.1, 0.15) is 6.61 Å². The second-order valence-corrected chi connectivity index (χ2v) is 2.74. The van der Waals surface area contributed by atoms with Crippen molar-refractivity contribution in [2.24, 2.45) is 5.16 Å². The molecule has 1 aromatic carbocycles. The van der Waals surface area contributed by atoms with Crippen LogP contribution in [0.1, 0.15) is 21.5 Å². The molecule has 1 aliphatic heterocycles. The maximum absolute atomic E-state index is 11.1. The Morgan fingerprint density at radius 2 is 2.38 bits per heavy atom. The molecule has 4 heteroatoms. The molecule has 0 radical (unpaired) electrons. The number of hydrogen-bond donors (Lipinski definition) is 1. The Hall–Kier alpha value is -1.84. The molecule has 2 rings (SSSR count).